The van der Waals surface area contributed by atoms with Gasteiger partial charge in [-0.3, -0.25) is 19.2 Å². The van der Waals surface area contributed by atoms with Crippen LogP contribution in [-0.4, -0.2) is 19.9 Å². The Morgan fingerprint density at radius 3 is 1.33 bits per heavy atom. The first-order valence-corrected chi connectivity index (χ1v) is 4.77. The standard InChI is InChI=1S/C10H4N2O6/c13-7-3-1-2-4-6(5(3)9(15)11(7)17)10(16)12(18)8(4)14/h1-2,17-18H. The third-order valence-corrected chi connectivity index (χ3v) is 2.86. The van der Waals surface area contributed by atoms with Crippen molar-refractivity contribution in [2.24, 2.45) is 0 Å². The van der Waals surface area contributed by atoms with Crippen LogP contribution in [0, 0.1) is 0 Å². The molecular formula is C10H4N2O6. The fraction of sp³-hybridized carbons (Fsp3) is 0. The quantitative estimate of drug-likeness (QED) is 0.462. The van der Waals surface area contributed by atoms with Crippen LogP contribution in [0.2, 0.25) is 0 Å². The van der Waals surface area contributed by atoms with Gasteiger partial charge in [-0.05, 0) is 12.1 Å². The Bertz CT molecular complexity index is 932. The summed E-state index contributed by atoms with van der Waals surface area (Å²) in [5.41, 5.74) is -4.14. The first-order valence-electron chi connectivity index (χ1n) is 4.77. The Morgan fingerprint density at radius 1 is 0.667 bits per heavy atom. The van der Waals surface area contributed by atoms with E-state index in [0.717, 1.165) is 12.1 Å². The molecular weight excluding hydrogens is 244 g/mol. The summed E-state index contributed by atoms with van der Waals surface area (Å²) < 4.78 is -0.272. The van der Waals surface area contributed by atoms with Gasteiger partial charge in [-0.1, -0.05) is 0 Å². The van der Waals surface area contributed by atoms with E-state index < -0.39 is 22.2 Å². The molecule has 0 saturated heterocycles. The second-order valence-corrected chi connectivity index (χ2v) is 3.75. The van der Waals surface area contributed by atoms with Gasteiger partial charge in [0.25, 0.3) is 22.2 Å². The van der Waals surface area contributed by atoms with Gasteiger partial charge >= 0.3 is 0 Å². The van der Waals surface area contributed by atoms with Gasteiger partial charge < -0.3 is 10.4 Å². The van der Waals surface area contributed by atoms with Gasteiger partial charge in [-0.25, -0.2) is 0 Å². The van der Waals surface area contributed by atoms with Crippen molar-refractivity contribution in [1.82, 2.24) is 9.46 Å². The van der Waals surface area contributed by atoms with Crippen LogP contribution in [0.3, 0.4) is 0 Å². The van der Waals surface area contributed by atoms with Crippen molar-refractivity contribution in [3.05, 3.63) is 53.5 Å². The van der Waals surface area contributed by atoms with Crippen molar-refractivity contribution in [3.8, 4) is 0 Å². The molecule has 0 fully saturated rings. The van der Waals surface area contributed by atoms with Crippen LogP contribution in [0.5, 0.6) is 0 Å². The van der Waals surface area contributed by atoms with E-state index in [1.165, 1.54) is 0 Å². The first-order chi connectivity index (χ1) is 8.45. The third kappa shape index (κ3) is 0.902. The molecule has 3 rings (SSSR count). The summed E-state index contributed by atoms with van der Waals surface area (Å²) in [4.78, 5) is 46.2. The Hall–Kier alpha value is -2.90. The Kier molecular flexibility index (Phi) is 1.63. The predicted molar refractivity (Wildman–Crippen MR) is 59.3 cm³/mol. The molecule has 18 heavy (non-hydrogen) atoms. The van der Waals surface area contributed by atoms with Gasteiger partial charge in [-0.2, -0.15) is 0 Å². The lowest BCUT2D eigenvalue weighted by Gasteiger charge is -1.86. The van der Waals surface area contributed by atoms with Crippen molar-refractivity contribution in [2.75, 3.05) is 0 Å². The molecule has 0 radical (unpaired) electrons. The summed E-state index contributed by atoms with van der Waals surface area (Å²) in [7, 11) is 0. The summed E-state index contributed by atoms with van der Waals surface area (Å²) in [5.74, 6) is 0. The van der Waals surface area contributed by atoms with E-state index in [1.807, 2.05) is 0 Å². The highest BCUT2D eigenvalue weighted by Crippen LogP contribution is 2.15. The van der Waals surface area contributed by atoms with Crippen LogP contribution in [0.25, 0.3) is 21.5 Å². The minimum atomic E-state index is -1.09. The Morgan fingerprint density at radius 2 is 1.00 bits per heavy atom. The number of nitrogens with zero attached hydrogens (tertiary/aromatic N) is 2. The molecule has 0 bridgehead atoms. The van der Waals surface area contributed by atoms with E-state index in [4.69, 9.17) is 0 Å². The van der Waals surface area contributed by atoms with Crippen molar-refractivity contribution >= 4 is 21.5 Å². The zero-order chi connectivity index (χ0) is 13.2. The average Bonchev–Trinajstić information content (AvgIpc) is 2.72. The fourth-order valence-electron chi connectivity index (χ4n) is 2.03. The summed E-state index contributed by atoms with van der Waals surface area (Å²) in [6.45, 7) is 0. The van der Waals surface area contributed by atoms with Crippen LogP contribution in [0.15, 0.2) is 31.3 Å². The lowest BCUT2D eigenvalue weighted by atomic mass is 10.1. The highest BCUT2D eigenvalue weighted by molar-refractivity contribution is 6.06. The molecule has 3 aromatic rings. The number of aromatic nitrogens is 2. The number of hydrogen-bond donors (Lipinski definition) is 2. The van der Waals surface area contributed by atoms with Crippen LogP contribution in [0.4, 0.5) is 0 Å². The minimum absolute atomic E-state index is 0.136. The highest BCUT2D eigenvalue weighted by Gasteiger charge is 2.21. The molecule has 1 aromatic carbocycles. The van der Waals surface area contributed by atoms with Crippen molar-refractivity contribution in [1.29, 1.82) is 0 Å². The molecule has 0 amide bonds. The molecule has 0 spiro atoms. The van der Waals surface area contributed by atoms with E-state index in [2.05, 4.69) is 0 Å². The molecule has 8 heteroatoms. The number of hydrogen-bond acceptors (Lipinski definition) is 6. The molecule has 0 aliphatic rings. The third-order valence-electron chi connectivity index (χ3n) is 2.86. The van der Waals surface area contributed by atoms with E-state index in [0.29, 0.717) is 0 Å². The molecule has 8 nitrogen and oxygen atoms in total. The molecule has 2 N–H and O–H groups in total. The second kappa shape index (κ2) is 2.86. The molecule has 2 heterocycles. The maximum Gasteiger partial charge on any atom is 0.295 e. The van der Waals surface area contributed by atoms with Crippen LogP contribution < -0.4 is 22.2 Å². The smallest absolute Gasteiger partial charge is 0.295 e. The lowest BCUT2D eigenvalue weighted by molar-refractivity contribution is 0.170. The minimum Gasteiger partial charge on any atom is -0.422 e. The number of benzene rings is 1. The van der Waals surface area contributed by atoms with Gasteiger partial charge in [-0.15, -0.1) is 9.46 Å². The van der Waals surface area contributed by atoms with Gasteiger partial charge in [0.2, 0.25) is 0 Å². The molecule has 0 aliphatic heterocycles. The average molecular weight is 248 g/mol. The zero-order valence-corrected chi connectivity index (χ0v) is 8.58. The van der Waals surface area contributed by atoms with Gasteiger partial charge in [0.1, 0.15) is 0 Å². The fourth-order valence-corrected chi connectivity index (χ4v) is 2.03. The Balaban J connectivity index is 2.90. The van der Waals surface area contributed by atoms with Gasteiger partial charge in [0.15, 0.2) is 0 Å². The van der Waals surface area contributed by atoms with Crippen molar-refractivity contribution < 1.29 is 10.4 Å². The van der Waals surface area contributed by atoms with Gasteiger partial charge in [0, 0.05) is 0 Å². The normalized spacial score (nSPS) is 11.6. The highest BCUT2D eigenvalue weighted by atomic mass is 16.5. The Labute approximate surface area is 95.8 Å². The van der Waals surface area contributed by atoms with E-state index >= 15 is 0 Å². The molecule has 90 valence electrons. The SMILES string of the molecule is O=c1c2ccc3c(=O)n(O)c(=O)c3c2c(=O)n1O. The molecule has 0 saturated carbocycles. The summed E-state index contributed by atoms with van der Waals surface area (Å²) in [6.07, 6.45) is 0. The van der Waals surface area contributed by atoms with Crippen LogP contribution in [0.1, 0.15) is 0 Å². The van der Waals surface area contributed by atoms with Crippen LogP contribution in [-0.2, 0) is 0 Å². The zero-order valence-electron chi connectivity index (χ0n) is 8.58. The molecule has 0 unspecified atom stereocenters. The molecule has 2 aromatic heterocycles. The molecule has 0 atom stereocenters. The largest absolute Gasteiger partial charge is 0.422 e. The molecule has 0 aliphatic carbocycles. The van der Waals surface area contributed by atoms with Crippen molar-refractivity contribution in [2.45, 2.75) is 0 Å². The number of fused-ring (bicyclic) bond motifs is 3. The van der Waals surface area contributed by atoms with Crippen molar-refractivity contribution in [3.63, 3.8) is 0 Å². The lowest BCUT2D eigenvalue weighted by Crippen LogP contribution is -2.23. The van der Waals surface area contributed by atoms with E-state index in [1.54, 1.807) is 0 Å². The van der Waals surface area contributed by atoms with E-state index in [-0.39, 0.29) is 31.0 Å². The second-order valence-electron chi connectivity index (χ2n) is 3.75. The first kappa shape index (κ1) is 10.3. The predicted octanol–water partition coefficient (Wildman–Crippen LogP) is -1.61. The summed E-state index contributed by atoms with van der Waals surface area (Å²) >= 11 is 0. The summed E-state index contributed by atoms with van der Waals surface area (Å²) in [6, 6.07) is 2.30. The topological polar surface area (TPSA) is 119 Å². The maximum atomic E-state index is 11.6. The van der Waals surface area contributed by atoms with E-state index in [9.17, 15) is 29.6 Å². The summed E-state index contributed by atoms with van der Waals surface area (Å²) in [5, 5.41) is 17.3. The van der Waals surface area contributed by atoms with Crippen LogP contribution >= 0.6 is 0 Å². The number of rotatable bonds is 0. The van der Waals surface area contributed by atoms with Gasteiger partial charge in [0.05, 0.1) is 21.5 Å². The monoisotopic (exact) mass is 248 g/mol. The maximum absolute atomic E-state index is 11.6.